The molecule has 2 aromatic rings. The minimum Gasteiger partial charge on any atom is -0.256 e. The van der Waals surface area contributed by atoms with E-state index in [-0.39, 0.29) is 17.8 Å². The predicted octanol–water partition coefficient (Wildman–Crippen LogP) is 2.83. The van der Waals surface area contributed by atoms with Gasteiger partial charge >= 0.3 is 0 Å². The van der Waals surface area contributed by atoms with E-state index in [4.69, 9.17) is 5.14 Å². The lowest BCUT2D eigenvalue weighted by molar-refractivity contribution is 0.281. The Balaban J connectivity index is 1.74. The van der Waals surface area contributed by atoms with Crippen molar-refractivity contribution in [2.75, 3.05) is 0 Å². The largest absolute Gasteiger partial charge is 0.274 e. The van der Waals surface area contributed by atoms with E-state index in [9.17, 15) is 12.8 Å². The maximum absolute atomic E-state index is 13.6. The number of hydrogen-bond donors (Lipinski definition) is 2. The van der Waals surface area contributed by atoms with E-state index in [1.165, 1.54) is 6.07 Å². The Morgan fingerprint density at radius 3 is 2.62 bits per heavy atom. The molecule has 0 spiro atoms. The number of benzene rings is 1. The summed E-state index contributed by atoms with van der Waals surface area (Å²) < 4.78 is 38.4. The van der Waals surface area contributed by atoms with Gasteiger partial charge in [-0.3, -0.25) is 4.98 Å². The number of hydrogen-bond acceptors (Lipinski definition) is 3. The second kappa shape index (κ2) is 6.74. The van der Waals surface area contributed by atoms with E-state index >= 15 is 0 Å². The minimum absolute atomic E-state index is 0.174. The Kier molecular flexibility index (Phi) is 4.85. The molecule has 1 heterocycles. The van der Waals surface area contributed by atoms with Crippen molar-refractivity contribution in [1.29, 1.82) is 0 Å². The lowest BCUT2D eigenvalue weighted by atomic mass is 9.76. The minimum atomic E-state index is -3.67. The van der Waals surface area contributed by atoms with Crippen molar-refractivity contribution in [3.05, 3.63) is 41.8 Å². The molecule has 0 unspecified atom stereocenters. The third-order valence-electron chi connectivity index (χ3n) is 5.01. The second-order valence-electron chi connectivity index (χ2n) is 6.62. The molecule has 7 heteroatoms. The number of aromatic nitrogens is 1. The maximum Gasteiger partial charge on any atom is 0.274 e. The molecule has 130 valence electrons. The van der Waals surface area contributed by atoms with E-state index in [0.717, 1.165) is 42.1 Å². The van der Waals surface area contributed by atoms with E-state index < -0.39 is 10.2 Å². The van der Waals surface area contributed by atoms with Gasteiger partial charge in [-0.1, -0.05) is 0 Å². The van der Waals surface area contributed by atoms with Crippen LogP contribution < -0.4 is 9.86 Å². The quantitative estimate of drug-likeness (QED) is 0.888. The highest BCUT2D eigenvalue weighted by Crippen LogP contribution is 2.39. The summed E-state index contributed by atoms with van der Waals surface area (Å²) in [6.45, 7) is 1.85. The van der Waals surface area contributed by atoms with Gasteiger partial charge in [-0.2, -0.15) is 13.1 Å². The predicted molar refractivity (Wildman–Crippen MR) is 92.1 cm³/mol. The maximum atomic E-state index is 13.6. The number of nitrogens with zero attached hydrogens (tertiary/aromatic N) is 1. The summed E-state index contributed by atoms with van der Waals surface area (Å²) in [5, 5.41) is 5.93. The molecule has 1 aromatic carbocycles. The molecule has 5 nitrogen and oxygen atoms in total. The normalized spacial score (nSPS) is 23.3. The van der Waals surface area contributed by atoms with Crippen LogP contribution in [0, 0.1) is 11.7 Å². The lowest BCUT2D eigenvalue weighted by Crippen LogP contribution is -2.42. The van der Waals surface area contributed by atoms with Crippen LogP contribution in [0.1, 0.15) is 44.1 Å². The SMILES string of the molecule is C[C@@H](NS(N)(=O)=O)C1CCC(c2ccnc3ccc(F)cc23)CC1. The van der Waals surface area contributed by atoms with Crippen LogP contribution >= 0.6 is 0 Å². The van der Waals surface area contributed by atoms with Gasteiger partial charge in [-0.25, -0.2) is 9.53 Å². The molecule has 1 aromatic heterocycles. The van der Waals surface area contributed by atoms with Crippen LogP contribution in [0.2, 0.25) is 0 Å². The van der Waals surface area contributed by atoms with Crippen molar-refractivity contribution >= 4 is 21.1 Å². The Hall–Kier alpha value is -1.57. The number of halogens is 1. The van der Waals surface area contributed by atoms with Crippen LogP contribution in [-0.2, 0) is 10.2 Å². The molecule has 1 aliphatic rings. The fourth-order valence-corrected chi connectivity index (χ4v) is 4.49. The van der Waals surface area contributed by atoms with Crippen LogP contribution in [-0.4, -0.2) is 19.4 Å². The summed E-state index contributed by atoms with van der Waals surface area (Å²) >= 11 is 0. The van der Waals surface area contributed by atoms with Crippen molar-refractivity contribution in [2.24, 2.45) is 11.1 Å². The van der Waals surface area contributed by atoms with Crippen molar-refractivity contribution in [3.63, 3.8) is 0 Å². The first-order chi connectivity index (χ1) is 11.3. The van der Waals surface area contributed by atoms with Gasteiger partial charge in [0.1, 0.15) is 5.82 Å². The molecule has 24 heavy (non-hydrogen) atoms. The molecule has 0 radical (unpaired) electrons. The van der Waals surface area contributed by atoms with Gasteiger partial charge in [-0.15, -0.1) is 0 Å². The molecule has 1 saturated carbocycles. The van der Waals surface area contributed by atoms with Gasteiger partial charge in [0.25, 0.3) is 10.2 Å². The van der Waals surface area contributed by atoms with Crippen LogP contribution in [0.3, 0.4) is 0 Å². The first kappa shape index (κ1) is 17.3. The molecule has 1 aliphatic carbocycles. The second-order valence-corrected chi connectivity index (χ2v) is 7.95. The van der Waals surface area contributed by atoms with E-state index in [0.29, 0.717) is 5.92 Å². The highest BCUT2D eigenvalue weighted by molar-refractivity contribution is 7.87. The zero-order valence-corrected chi connectivity index (χ0v) is 14.4. The van der Waals surface area contributed by atoms with Crippen LogP contribution in [0.25, 0.3) is 10.9 Å². The summed E-state index contributed by atoms with van der Waals surface area (Å²) in [7, 11) is -3.67. The highest BCUT2D eigenvalue weighted by Gasteiger charge is 2.28. The van der Waals surface area contributed by atoms with Gasteiger partial charge < -0.3 is 0 Å². The van der Waals surface area contributed by atoms with Gasteiger partial charge in [0.05, 0.1) is 5.52 Å². The monoisotopic (exact) mass is 351 g/mol. The van der Waals surface area contributed by atoms with Crippen LogP contribution in [0.15, 0.2) is 30.5 Å². The van der Waals surface area contributed by atoms with Crippen molar-refractivity contribution in [1.82, 2.24) is 9.71 Å². The number of nitrogens with two attached hydrogens (primary N) is 1. The zero-order valence-electron chi connectivity index (χ0n) is 13.6. The average molecular weight is 351 g/mol. The van der Waals surface area contributed by atoms with Gasteiger partial charge in [0.2, 0.25) is 0 Å². The number of pyridine rings is 1. The number of rotatable bonds is 4. The first-order valence-electron chi connectivity index (χ1n) is 8.18. The summed E-state index contributed by atoms with van der Waals surface area (Å²) in [4.78, 5) is 4.30. The van der Waals surface area contributed by atoms with E-state index in [1.54, 1.807) is 18.3 Å². The smallest absolute Gasteiger partial charge is 0.256 e. The molecule has 0 saturated heterocycles. The lowest BCUT2D eigenvalue weighted by Gasteiger charge is -2.32. The summed E-state index contributed by atoms with van der Waals surface area (Å²) in [5.74, 6) is 0.357. The summed E-state index contributed by atoms with van der Waals surface area (Å²) in [5.41, 5.74) is 1.94. The Morgan fingerprint density at radius 1 is 1.25 bits per heavy atom. The van der Waals surface area contributed by atoms with Gasteiger partial charge in [-0.05, 0) is 74.3 Å². The van der Waals surface area contributed by atoms with Crippen LogP contribution in [0.5, 0.6) is 0 Å². The summed E-state index contributed by atoms with van der Waals surface area (Å²) in [6, 6.07) is 6.48. The summed E-state index contributed by atoms with van der Waals surface area (Å²) in [6.07, 6.45) is 5.47. The molecule has 0 aliphatic heterocycles. The molecule has 1 atom stereocenters. The molecular weight excluding hydrogens is 329 g/mol. The topological polar surface area (TPSA) is 85.1 Å². The first-order valence-corrected chi connectivity index (χ1v) is 9.72. The molecule has 3 rings (SSSR count). The highest BCUT2D eigenvalue weighted by atomic mass is 32.2. The average Bonchev–Trinajstić information content (AvgIpc) is 2.53. The molecular formula is C17H22FN3O2S. The van der Waals surface area contributed by atoms with E-state index in [2.05, 4.69) is 9.71 Å². The van der Waals surface area contributed by atoms with Gasteiger partial charge in [0, 0.05) is 17.6 Å². The standard InChI is InChI=1S/C17H22FN3O2S/c1-11(21-24(19,22)23)12-2-4-13(5-3-12)15-8-9-20-17-7-6-14(18)10-16(15)17/h6-13,21H,2-5H2,1H3,(H2,19,22,23)/t11-,12?,13?/m1/s1. The molecule has 1 fully saturated rings. The molecule has 3 N–H and O–H groups in total. The van der Waals surface area contributed by atoms with Crippen LogP contribution in [0.4, 0.5) is 4.39 Å². The number of fused-ring (bicyclic) bond motifs is 1. The third-order valence-corrected chi connectivity index (χ3v) is 5.71. The Labute approximate surface area is 141 Å². The zero-order chi connectivity index (χ0) is 17.3. The van der Waals surface area contributed by atoms with Crippen molar-refractivity contribution < 1.29 is 12.8 Å². The molecule has 0 bridgehead atoms. The third kappa shape index (κ3) is 3.91. The van der Waals surface area contributed by atoms with Gasteiger partial charge in [0.15, 0.2) is 0 Å². The van der Waals surface area contributed by atoms with E-state index in [1.807, 2.05) is 13.0 Å². The fourth-order valence-electron chi connectivity index (χ4n) is 3.78. The van der Waals surface area contributed by atoms with Crippen molar-refractivity contribution in [3.8, 4) is 0 Å². The number of nitrogens with one attached hydrogen (secondary N) is 1. The Bertz CT molecular complexity index is 833. The Morgan fingerprint density at radius 2 is 1.96 bits per heavy atom. The van der Waals surface area contributed by atoms with Crippen molar-refractivity contribution in [2.45, 2.75) is 44.6 Å². The molecule has 0 amide bonds. The fraction of sp³-hybridized carbons (Fsp3) is 0.471.